The number of rotatable bonds is 2. The van der Waals surface area contributed by atoms with E-state index in [0.717, 1.165) is 0 Å². The van der Waals surface area contributed by atoms with Gasteiger partial charge < -0.3 is 9.52 Å². The van der Waals surface area contributed by atoms with Crippen molar-refractivity contribution < 1.29 is 17.9 Å². The molecule has 1 heterocycles. The fourth-order valence-electron chi connectivity index (χ4n) is 1.15. The molecule has 0 bridgehead atoms. The van der Waals surface area contributed by atoms with Gasteiger partial charge in [0.2, 0.25) is 0 Å². The summed E-state index contributed by atoms with van der Waals surface area (Å²) in [5, 5.41) is 8.32. The standard InChI is InChI=1S/C8H6ClNO4S/c9-15(12,13)8-10-6-2-1-5(4-11)3-7(6)14-8/h1-3,11H,4H2. The largest absolute Gasteiger partial charge is 0.427 e. The average Bonchev–Trinajstić information content (AvgIpc) is 2.59. The summed E-state index contributed by atoms with van der Waals surface area (Å²) in [6.45, 7) is -0.153. The van der Waals surface area contributed by atoms with Gasteiger partial charge in [0, 0.05) is 10.7 Å². The Balaban J connectivity index is 2.66. The molecular formula is C8H6ClNO4S. The Hall–Kier alpha value is -1.11. The second-order valence-electron chi connectivity index (χ2n) is 2.88. The van der Waals surface area contributed by atoms with Crippen LogP contribution < -0.4 is 0 Å². The normalized spacial score (nSPS) is 12.1. The Labute approximate surface area is 89.7 Å². The highest BCUT2D eigenvalue weighted by molar-refractivity contribution is 8.13. The molecule has 1 N–H and O–H groups in total. The van der Waals surface area contributed by atoms with Crippen LogP contribution in [-0.2, 0) is 15.7 Å². The van der Waals surface area contributed by atoms with Crippen molar-refractivity contribution in [2.24, 2.45) is 0 Å². The van der Waals surface area contributed by atoms with Crippen LogP contribution in [-0.4, -0.2) is 18.5 Å². The molecule has 5 nitrogen and oxygen atoms in total. The molecule has 7 heteroatoms. The minimum absolute atomic E-state index is 0.153. The summed E-state index contributed by atoms with van der Waals surface area (Å²) >= 11 is 0. The molecule has 0 aliphatic rings. The summed E-state index contributed by atoms with van der Waals surface area (Å²) in [6.07, 6.45) is 0. The van der Waals surface area contributed by atoms with E-state index in [9.17, 15) is 8.42 Å². The van der Waals surface area contributed by atoms with E-state index in [-0.39, 0.29) is 12.2 Å². The summed E-state index contributed by atoms with van der Waals surface area (Å²) in [6, 6.07) is 4.68. The number of fused-ring (bicyclic) bond motifs is 1. The molecule has 0 aliphatic carbocycles. The third-order valence-corrected chi connectivity index (χ3v) is 2.81. The number of oxazole rings is 1. The predicted molar refractivity (Wildman–Crippen MR) is 53.0 cm³/mol. The molecule has 15 heavy (non-hydrogen) atoms. The van der Waals surface area contributed by atoms with Gasteiger partial charge in [0.25, 0.3) is 0 Å². The zero-order chi connectivity index (χ0) is 11.1. The van der Waals surface area contributed by atoms with Gasteiger partial charge >= 0.3 is 14.3 Å². The van der Waals surface area contributed by atoms with E-state index in [1.54, 1.807) is 12.1 Å². The molecule has 0 radical (unpaired) electrons. The fourth-order valence-corrected chi connectivity index (χ4v) is 1.75. The van der Waals surface area contributed by atoms with Crippen LogP contribution in [0.2, 0.25) is 0 Å². The first-order valence-electron chi connectivity index (χ1n) is 3.96. The first-order valence-corrected chi connectivity index (χ1v) is 6.26. The van der Waals surface area contributed by atoms with Gasteiger partial charge in [-0.25, -0.2) is 8.42 Å². The van der Waals surface area contributed by atoms with E-state index in [1.165, 1.54) is 6.07 Å². The highest BCUT2D eigenvalue weighted by Crippen LogP contribution is 2.22. The van der Waals surface area contributed by atoms with Crippen LogP contribution in [0.5, 0.6) is 0 Å². The Bertz CT molecular complexity index is 604. The molecule has 0 spiro atoms. The number of benzene rings is 1. The van der Waals surface area contributed by atoms with Crippen molar-refractivity contribution in [2.75, 3.05) is 0 Å². The van der Waals surface area contributed by atoms with Crippen LogP contribution in [0, 0.1) is 0 Å². The number of halogens is 1. The topological polar surface area (TPSA) is 80.4 Å². The molecule has 0 saturated heterocycles. The van der Waals surface area contributed by atoms with Crippen molar-refractivity contribution in [2.45, 2.75) is 11.8 Å². The lowest BCUT2D eigenvalue weighted by Crippen LogP contribution is -1.88. The average molecular weight is 248 g/mol. The molecule has 0 saturated carbocycles. The quantitative estimate of drug-likeness (QED) is 0.808. The molecule has 0 fully saturated rings. The fraction of sp³-hybridized carbons (Fsp3) is 0.125. The summed E-state index contributed by atoms with van der Waals surface area (Å²) in [4.78, 5) is 3.69. The monoisotopic (exact) mass is 247 g/mol. The Morgan fingerprint density at radius 3 is 2.80 bits per heavy atom. The van der Waals surface area contributed by atoms with Gasteiger partial charge in [-0.05, 0) is 17.7 Å². The van der Waals surface area contributed by atoms with Crippen LogP contribution in [0.1, 0.15) is 5.56 Å². The van der Waals surface area contributed by atoms with Crippen LogP contribution in [0.25, 0.3) is 11.1 Å². The molecule has 2 aromatic rings. The van der Waals surface area contributed by atoms with E-state index in [0.29, 0.717) is 11.1 Å². The van der Waals surface area contributed by atoms with Crippen molar-refractivity contribution in [3.63, 3.8) is 0 Å². The van der Waals surface area contributed by atoms with Crippen molar-refractivity contribution in [1.29, 1.82) is 0 Å². The first-order chi connectivity index (χ1) is 7.00. The minimum Gasteiger partial charge on any atom is -0.427 e. The Morgan fingerprint density at radius 2 is 2.20 bits per heavy atom. The lowest BCUT2D eigenvalue weighted by atomic mass is 10.2. The van der Waals surface area contributed by atoms with E-state index >= 15 is 0 Å². The number of aliphatic hydroxyl groups excluding tert-OH is 1. The third-order valence-electron chi connectivity index (χ3n) is 1.82. The molecule has 0 unspecified atom stereocenters. The second-order valence-corrected chi connectivity index (χ2v) is 5.32. The lowest BCUT2D eigenvalue weighted by Gasteiger charge is -1.92. The van der Waals surface area contributed by atoms with Gasteiger partial charge in [-0.2, -0.15) is 4.98 Å². The van der Waals surface area contributed by atoms with Crippen molar-refractivity contribution in [1.82, 2.24) is 4.98 Å². The van der Waals surface area contributed by atoms with E-state index in [4.69, 9.17) is 20.2 Å². The second kappa shape index (κ2) is 3.48. The zero-order valence-electron chi connectivity index (χ0n) is 7.34. The lowest BCUT2D eigenvalue weighted by molar-refractivity contribution is 0.282. The van der Waals surface area contributed by atoms with Gasteiger partial charge in [-0.1, -0.05) is 6.07 Å². The van der Waals surface area contributed by atoms with Crippen molar-refractivity contribution in [3.8, 4) is 0 Å². The number of hydrogen-bond donors (Lipinski definition) is 1. The van der Waals surface area contributed by atoms with Crippen molar-refractivity contribution in [3.05, 3.63) is 23.8 Å². The maximum absolute atomic E-state index is 10.9. The smallest absolute Gasteiger partial charge is 0.332 e. The molecule has 1 aromatic carbocycles. The SMILES string of the molecule is O=S(=O)(Cl)c1nc2ccc(CO)cc2o1. The number of hydrogen-bond acceptors (Lipinski definition) is 5. The number of aromatic nitrogens is 1. The van der Waals surface area contributed by atoms with Crippen LogP contribution in [0.3, 0.4) is 0 Å². The van der Waals surface area contributed by atoms with Gasteiger partial charge in [-0.15, -0.1) is 0 Å². The summed E-state index contributed by atoms with van der Waals surface area (Å²) in [7, 11) is 1.12. The molecule has 0 atom stereocenters. The highest BCUT2D eigenvalue weighted by atomic mass is 35.7. The minimum atomic E-state index is -3.95. The highest BCUT2D eigenvalue weighted by Gasteiger charge is 2.18. The predicted octanol–water partition coefficient (Wildman–Crippen LogP) is 1.25. The first kappa shape index (κ1) is 10.4. The maximum atomic E-state index is 10.9. The number of nitrogens with zero attached hydrogens (tertiary/aromatic N) is 1. The van der Waals surface area contributed by atoms with E-state index < -0.39 is 14.3 Å². The molecule has 2 rings (SSSR count). The molecule has 1 aromatic heterocycles. The Kier molecular flexibility index (Phi) is 2.41. The molecule has 0 aliphatic heterocycles. The van der Waals surface area contributed by atoms with Gasteiger partial charge in [0.1, 0.15) is 5.52 Å². The van der Waals surface area contributed by atoms with Crippen LogP contribution in [0.4, 0.5) is 0 Å². The third kappa shape index (κ3) is 1.97. The molecule has 80 valence electrons. The van der Waals surface area contributed by atoms with Crippen LogP contribution in [0.15, 0.2) is 27.8 Å². The Morgan fingerprint density at radius 1 is 1.47 bits per heavy atom. The summed E-state index contributed by atoms with van der Waals surface area (Å²) in [5.41, 5.74) is 1.27. The zero-order valence-corrected chi connectivity index (χ0v) is 8.92. The maximum Gasteiger partial charge on any atom is 0.332 e. The van der Waals surface area contributed by atoms with Gasteiger partial charge in [0.05, 0.1) is 6.61 Å². The van der Waals surface area contributed by atoms with Gasteiger partial charge in [0.15, 0.2) is 5.58 Å². The summed E-state index contributed by atoms with van der Waals surface area (Å²) in [5.74, 6) is 0. The van der Waals surface area contributed by atoms with Gasteiger partial charge in [-0.3, -0.25) is 0 Å². The van der Waals surface area contributed by atoms with Crippen molar-refractivity contribution >= 4 is 30.8 Å². The number of aliphatic hydroxyl groups is 1. The van der Waals surface area contributed by atoms with Crippen LogP contribution >= 0.6 is 10.7 Å². The molecule has 0 amide bonds. The summed E-state index contributed by atoms with van der Waals surface area (Å²) < 4.78 is 26.8. The van der Waals surface area contributed by atoms with E-state index in [1.807, 2.05) is 0 Å². The van der Waals surface area contributed by atoms with E-state index in [2.05, 4.69) is 4.98 Å². The molecular weight excluding hydrogens is 242 g/mol.